The third-order valence-corrected chi connectivity index (χ3v) is 3.59. The number of amides is 1. The Bertz CT molecular complexity index is 869. The number of rotatable bonds is 5. The van der Waals surface area contributed by atoms with Crippen LogP contribution in [0, 0.1) is 10.1 Å². The third kappa shape index (κ3) is 4.23. The second kappa shape index (κ2) is 7.62. The van der Waals surface area contributed by atoms with E-state index in [4.69, 9.17) is 4.74 Å². The lowest BCUT2D eigenvalue weighted by Gasteiger charge is -2.06. The number of hydrazone groups is 1. The molecule has 130 valence electrons. The quantitative estimate of drug-likeness (QED) is 0.394. The number of phenolic OH excluding ortho intramolecular Hbond substituents is 2. The lowest BCUT2D eigenvalue weighted by molar-refractivity contribution is -0.385. The van der Waals surface area contributed by atoms with Crippen molar-refractivity contribution in [3.05, 3.63) is 56.0 Å². The molecule has 0 saturated heterocycles. The number of hydrogen-bond acceptors (Lipinski definition) is 7. The van der Waals surface area contributed by atoms with Crippen LogP contribution in [0.2, 0.25) is 0 Å². The molecular formula is C15H12BrN3O6. The zero-order valence-electron chi connectivity index (χ0n) is 12.8. The summed E-state index contributed by atoms with van der Waals surface area (Å²) in [5.41, 5.74) is 1.80. The average molecular weight is 410 g/mol. The standard InChI is InChI=1S/C15H12BrN3O6/c1-25-13-6-10(19(23)24)4-8(14(13)21)7-17-18-15(22)11-5-9(16)2-3-12(11)20/h2-7,20-21H,1H3,(H,18,22)/b17-7-. The van der Waals surface area contributed by atoms with Gasteiger partial charge in [0.05, 0.1) is 29.9 Å². The lowest BCUT2D eigenvalue weighted by Crippen LogP contribution is -2.17. The van der Waals surface area contributed by atoms with Crippen molar-refractivity contribution in [3.8, 4) is 17.2 Å². The maximum atomic E-state index is 12.0. The summed E-state index contributed by atoms with van der Waals surface area (Å²) in [5, 5.41) is 34.2. The summed E-state index contributed by atoms with van der Waals surface area (Å²) >= 11 is 3.18. The number of nitrogens with zero attached hydrogens (tertiary/aromatic N) is 2. The molecule has 0 atom stereocenters. The molecule has 0 heterocycles. The van der Waals surface area contributed by atoms with Gasteiger partial charge in [0.2, 0.25) is 0 Å². The van der Waals surface area contributed by atoms with Crippen LogP contribution in [0.25, 0.3) is 0 Å². The van der Waals surface area contributed by atoms with Crippen molar-refractivity contribution in [1.29, 1.82) is 0 Å². The van der Waals surface area contributed by atoms with Gasteiger partial charge in [-0.15, -0.1) is 0 Å². The number of nitro benzene ring substituents is 1. The molecule has 2 rings (SSSR count). The number of carbonyl (C=O) groups excluding carboxylic acids is 1. The Balaban J connectivity index is 2.24. The van der Waals surface area contributed by atoms with Crippen LogP contribution in [0.15, 0.2) is 39.9 Å². The molecular weight excluding hydrogens is 398 g/mol. The van der Waals surface area contributed by atoms with E-state index in [0.717, 1.165) is 18.3 Å². The fourth-order valence-electron chi connectivity index (χ4n) is 1.88. The summed E-state index contributed by atoms with van der Waals surface area (Å²) < 4.78 is 5.44. The fraction of sp³-hybridized carbons (Fsp3) is 0.0667. The second-order valence-corrected chi connectivity index (χ2v) is 5.62. The molecule has 0 fully saturated rings. The molecule has 25 heavy (non-hydrogen) atoms. The highest BCUT2D eigenvalue weighted by molar-refractivity contribution is 9.10. The van der Waals surface area contributed by atoms with Crippen molar-refractivity contribution in [3.63, 3.8) is 0 Å². The Morgan fingerprint density at radius 1 is 1.36 bits per heavy atom. The Labute approximate surface area is 149 Å². The topological polar surface area (TPSA) is 134 Å². The zero-order valence-corrected chi connectivity index (χ0v) is 14.3. The second-order valence-electron chi connectivity index (χ2n) is 4.70. The highest BCUT2D eigenvalue weighted by Crippen LogP contribution is 2.33. The van der Waals surface area contributed by atoms with E-state index in [1.807, 2.05) is 0 Å². The number of hydrogen-bond donors (Lipinski definition) is 3. The van der Waals surface area contributed by atoms with Crippen LogP contribution in [0.3, 0.4) is 0 Å². The van der Waals surface area contributed by atoms with Crippen LogP contribution in [-0.4, -0.2) is 34.4 Å². The van der Waals surface area contributed by atoms with Crippen molar-refractivity contribution in [2.24, 2.45) is 5.10 Å². The first kappa shape index (κ1) is 18.2. The van der Waals surface area contributed by atoms with Crippen molar-refractivity contribution >= 4 is 33.7 Å². The normalized spacial score (nSPS) is 10.6. The SMILES string of the molecule is COc1cc([N+](=O)[O-])cc(/C=N\NC(=O)c2cc(Br)ccc2O)c1O. The van der Waals surface area contributed by atoms with E-state index < -0.39 is 10.8 Å². The number of ether oxygens (including phenoxy) is 1. The minimum absolute atomic E-state index is 0.0210. The summed E-state index contributed by atoms with van der Waals surface area (Å²) in [5.74, 6) is -1.41. The highest BCUT2D eigenvalue weighted by Gasteiger charge is 2.16. The predicted octanol–water partition coefficient (Wildman–Crippen LogP) is 2.54. The van der Waals surface area contributed by atoms with Crippen molar-refractivity contribution < 1.29 is 24.7 Å². The Kier molecular flexibility index (Phi) is 5.55. The maximum absolute atomic E-state index is 12.0. The average Bonchev–Trinajstić information content (AvgIpc) is 2.58. The van der Waals surface area contributed by atoms with E-state index in [9.17, 15) is 25.1 Å². The highest BCUT2D eigenvalue weighted by atomic mass is 79.9. The predicted molar refractivity (Wildman–Crippen MR) is 92.2 cm³/mol. The van der Waals surface area contributed by atoms with Gasteiger partial charge in [0.25, 0.3) is 11.6 Å². The Morgan fingerprint density at radius 3 is 2.72 bits per heavy atom. The first-order chi connectivity index (χ1) is 11.8. The van der Waals surface area contributed by atoms with Gasteiger partial charge in [-0.1, -0.05) is 15.9 Å². The van der Waals surface area contributed by atoms with E-state index in [2.05, 4.69) is 26.5 Å². The number of methoxy groups -OCH3 is 1. The van der Waals surface area contributed by atoms with Gasteiger partial charge in [0.1, 0.15) is 5.75 Å². The third-order valence-electron chi connectivity index (χ3n) is 3.09. The van der Waals surface area contributed by atoms with Crippen LogP contribution < -0.4 is 10.2 Å². The van der Waals surface area contributed by atoms with E-state index in [0.29, 0.717) is 4.47 Å². The summed E-state index contributed by atoms with van der Waals surface area (Å²) in [6, 6.07) is 6.42. The summed E-state index contributed by atoms with van der Waals surface area (Å²) in [6.45, 7) is 0. The molecule has 0 aliphatic carbocycles. The van der Waals surface area contributed by atoms with Gasteiger partial charge in [0, 0.05) is 16.1 Å². The Hall–Kier alpha value is -3.14. The molecule has 0 saturated carbocycles. The molecule has 0 aliphatic rings. The number of phenols is 2. The molecule has 0 spiro atoms. The number of nitrogens with one attached hydrogen (secondary N) is 1. The van der Waals surface area contributed by atoms with Gasteiger partial charge >= 0.3 is 0 Å². The minimum Gasteiger partial charge on any atom is -0.507 e. The molecule has 0 aromatic heterocycles. The minimum atomic E-state index is -0.702. The van der Waals surface area contributed by atoms with Crippen molar-refractivity contribution in [2.45, 2.75) is 0 Å². The van der Waals surface area contributed by atoms with Crippen LogP contribution in [0.5, 0.6) is 17.2 Å². The van der Waals surface area contributed by atoms with Gasteiger partial charge in [0.15, 0.2) is 11.5 Å². The van der Waals surface area contributed by atoms with E-state index in [1.54, 1.807) is 6.07 Å². The molecule has 0 unspecified atom stereocenters. The van der Waals surface area contributed by atoms with Gasteiger partial charge in [-0.25, -0.2) is 5.43 Å². The molecule has 0 radical (unpaired) electrons. The zero-order chi connectivity index (χ0) is 18.6. The van der Waals surface area contributed by atoms with Crippen LogP contribution >= 0.6 is 15.9 Å². The molecule has 1 amide bonds. The number of non-ortho nitro benzene ring substituents is 1. The smallest absolute Gasteiger partial charge is 0.275 e. The van der Waals surface area contributed by atoms with Gasteiger partial charge in [-0.05, 0) is 18.2 Å². The lowest BCUT2D eigenvalue weighted by atomic mass is 10.1. The molecule has 9 nitrogen and oxygen atoms in total. The van der Waals surface area contributed by atoms with E-state index >= 15 is 0 Å². The number of halogens is 1. The van der Waals surface area contributed by atoms with Gasteiger partial charge in [-0.3, -0.25) is 14.9 Å². The van der Waals surface area contributed by atoms with Crippen molar-refractivity contribution in [2.75, 3.05) is 7.11 Å². The number of aromatic hydroxyl groups is 2. The molecule has 0 aliphatic heterocycles. The maximum Gasteiger partial charge on any atom is 0.275 e. The largest absolute Gasteiger partial charge is 0.507 e. The summed E-state index contributed by atoms with van der Waals surface area (Å²) in [6.07, 6.45) is 1.03. The summed E-state index contributed by atoms with van der Waals surface area (Å²) in [4.78, 5) is 22.2. The summed E-state index contributed by atoms with van der Waals surface area (Å²) in [7, 11) is 1.25. The van der Waals surface area contributed by atoms with E-state index in [1.165, 1.54) is 19.2 Å². The first-order valence-electron chi connectivity index (χ1n) is 6.70. The van der Waals surface area contributed by atoms with Crippen LogP contribution in [0.4, 0.5) is 5.69 Å². The Morgan fingerprint density at radius 2 is 2.08 bits per heavy atom. The van der Waals surface area contributed by atoms with Crippen LogP contribution in [0.1, 0.15) is 15.9 Å². The van der Waals surface area contributed by atoms with Gasteiger partial charge < -0.3 is 14.9 Å². The molecule has 10 heteroatoms. The molecule has 2 aromatic rings. The molecule has 0 bridgehead atoms. The van der Waals surface area contributed by atoms with Crippen molar-refractivity contribution in [1.82, 2.24) is 5.43 Å². The number of carbonyl (C=O) groups is 1. The van der Waals surface area contributed by atoms with E-state index in [-0.39, 0.29) is 34.1 Å². The number of benzene rings is 2. The molecule has 3 N–H and O–H groups in total. The van der Waals surface area contributed by atoms with Gasteiger partial charge in [-0.2, -0.15) is 5.10 Å². The molecule has 2 aromatic carbocycles. The fourth-order valence-corrected chi connectivity index (χ4v) is 2.25. The first-order valence-corrected chi connectivity index (χ1v) is 7.50. The monoisotopic (exact) mass is 409 g/mol. The number of nitro groups is 1. The van der Waals surface area contributed by atoms with Crippen LogP contribution in [-0.2, 0) is 0 Å².